The molecule has 0 aliphatic rings. The summed E-state index contributed by atoms with van der Waals surface area (Å²) in [6.45, 7) is 5.08. The van der Waals surface area contributed by atoms with E-state index in [0.717, 1.165) is 11.3 Å². The first kappa shape index (κ1) is 18.7. The molecule has 5 heteroatoms. The molecule has 0 atom stereocenters. The van der Waals surface area contributed by atoms with Crippen LogP contribution in [-0.2, 0) is 4.74 Å². The Kier molecular flexibility index (Phi) is 6.71. The van der Waals surface area contributed by atoms with E-state index in [1.54, 1.807) is 31.4 Å². The van der Waals surface area contributed by atoms with E-state index in [4.69, 9.17) is 4.74 Å². The Balaban J connectivity index is 2.05. The number of hydrogen-bond donors (Lipinski definition) is 2. The number of rotatable bonds is 7. The van der Waals surface area contributed by atoms with Gasteiger partial charge < -0.3 is 15.4 Å². The van der Waals surface area contributed by atoms with E-state index < -0.39 is 0 Å². The average molecular weight is 340 g/mol. The van der Waals surface area contributed by atoms with E-state index in [1.165, 1.54) is 0 Å². The molecule has 0 saturated heterocycles. The number of hydrogen-bond acceptors (Lipinski definition) is 3. The first-order chi connectivity index (χ1) is 12.0. The number of para-hydroxylation sites is 1. The first-order valence-corrected chi connectivity index (χ1v) is 8.30. The van der Waals surface area contributed by atoms with Crippen molar-refractivity contribution in [2.75, 3.05) is 25.6 Å². The smallest absolute Gasteiger partial charge is 0.255 e. The van der Waals surface area contributed by atoms with Gasteiger partial charge in [-0.3, -0.25) is 9.59 Å². The molecule has 0 saturated carbocycles. The lowest BCUT2D eigenvalue weighted by atomic mass is 10.0. The number of carbonyl (C=O) groups excluding carboxylic acids is 2. The Morgan fingerprint density at radius 1 is 0.960 bits per heavy atom. The number of anilines is 1. The van der Waals surface area contributed by atoms with Gasteiger partial charge in [-0.15, -0.1) is 0 Å². The van der Waals surface area contributed by atoms with E-state index >= 15 is 0 Å². The number of benzene rings is 2. The summed E-state index contributed by atoms with van der Waals surface area (Å²) in [5.41, 5.74) is 2.91. The van der Waals surface area contributed by atoms with Crippen molar-refractivity contribution in [1.82, 2.24) is 5.32 Å². The van der Waals surface area contributed by atoms with Crippen LogP contribution in [0.2, 0.25) is 0 Å². The van der Waals surface area contributed by atoms with Gasteiger partial charge in [-0.2, -0.15) is 0 Å². The van der Waals surface area contributed by atoms with Crippen LogP contribution in [0.15, 0.2) is 48.5 Å². The van der Waals surface area contributed by atoms with E-state index in [1.807, 2.05) is 24.3 Å². The van der Waals surface area contributed by atoms with Crippen LogP contribution in [0.4, 0.5) is 5.69 Å². The minimum Gasteiger partial charge on any atom is -0.383 e. The number of methoxy groups -OCH3 is 1. The molecule has 0 aromatic heterocycles. The highest BCUT2D eigenvalue weighted by molar-refractivity contribution is 6.05. The van der Waals surface area contributed by atoms with Gasteiger partial charge in [0.25, 0.3) is 11.8 Å². The molecule has 132 valence electrons. The van der Waals surface area contributed by atoms with Crippen LogP contribution < -0.4 is 10.6 Å². The van der Waals surface area contributed by atoms with Crippen LogP contribution in [0.5, 0.6) is 0 Å². The highest BCUT2D eigenvalue weighted by Crippen LogP contribution is 2.24. The molecule has 0 aliphatic carbocycles. The molecule has 2 aromatic rings. The molecular weight excluding hydrogens is 316 g/mol. The van der Waals surface area contributed by atoms with E-state index in [0.29, 0.717) is 30.2 Å². The summed E-state index contributed by atoms with van der Waals surface area (Å²) in [5, 5.41) is 5.69. The lowest BCUT2D eigenvalue weighted by Crippen LogP contribution is -2.27. The fourth-order valence-corrected chi connectivity index (χ4v) is 2.45. The Morgan fingerprint density at radius 2 is 1.56 bits per heavy atom. The van der Waals surface area contributed by atoms with Gasteiger partial charge in [0, 0.05) is 30.5 Å². The van der Waals surface area contributed by atoms with Crippen molar-refractivity contribution in [3.63, 3.8) is 0 Å². The summed E-state index contributed by atoms with van der Waals surface area (Å²) in [6.07, 6.45) is 0. The van der Waals surface area contributed by atoms with Gasteiger partial charge in [0.2, 0.25) is 0 Å². The predicted molar refractivity (Wildman–Crippen MR) is 99.1 cm³/mol. The Bertz CT molecular complexity index is 724. The van der Waals surface area contributed by atoms with Gasteiger partial charge in [-0.1, -0.05) is 32.0 Å². The normalized spacial score (nSPS) is 10.6. The number of amides is 2. The van der Waals surface area contributed by atoms with Crippen LogP contribution in [0, 0.1) is 0 Å². The summed E-state index contributed by atoms with van der Waals surface area (Å²) >= 11 is 0. The van der Waals surface area contributed by atoms with Crippen LogP contribution in [-0.4, -0.2) is 32.1 Å². The summed E-state index contributed by atoms with van der Waals surface area (Å²) in [4.78, 5) is 24.4. The molecule has 2 rings (SSSR count). The van der Waals surface area contributed by atoms with E-state index in [-0.39, 0.29) is 11.8 Å². The standard InChI is InChI=1S/C20H24N2O3/c1-14(2)17-6-4-5-7-18(17)22-20(24)16-10-8-15(9-11-16)19(23)21-12-13-25-3/h4-11,14H,12-13H2,1-3H3,(H,21,23)(H,22,24). The topological polar surface area (TPSA) is 67.4 Å². The third-order valence-electron chi connectivity index (χ3n) is 3.83. The molecule has 2 aromatic carbocycles. The summed E-state index contributed by atoms with van der Waals surface area (Å²) < 4.78 is 4.89. The minimum absolute atomic E-state index is 0.186. The predicted octanol–water partition coefficient (Wildman–Crippen LogP) is 3.44. The maximum atomic E-state index is 12.5. The van der Waals surface area contributed by atoms with Gasteiger partial charge in [-0.25, -0.2) is 0 Å². The van der Waals surface area contributed by atoms with Crippen molar-refractivity contribution in [3.05, 3.63) is 65.2 Å². The number of ether oxygens (including phenoxy) is 1. The van der Waals surface area contributed by atoms with Crippen LogP contribution in [0.25, 0.3) is 0 Å². The molecule has 0 radical (unpaired) electrons. The number of nitrogens with one attached hydrogen (secondary N) is 2. The van der Waals surface area contributed by atoms with Gasteiger partial charge >= 0.3 is 0 Å². The van der Waals surface area contributed by atoms with Crippen molar-refractivity contribution in [2.45, 2.75) is 19.8 Å². The van der Waals surface area contributed by atoms with Crippen LogP contribution in [0.3, 0.4) is 0 Å². The third kappa shape index (κ3) is 5.16. The molecular formula is C20H24N2O3. The SMILES string of the molecule is COCCNC(=O)c1ccc(C(=O)Nc2ccccc2C(C)C)cc1. The fourth-order valence-electron chi connectivity index (χ4n) is 2.45. The highest BCUT2D eigenvalue weighted by atomic mass is 16.5. The van der Waals surface area contributed by atoms with Crippen molar-refractivity contribution >= 4 is 17.5 Å². The maximum absolute atomic E-state index is 12.5. The highest BCUT2D eigenvalue weighted by Gasteiger charge is 2.12. The Morgan fingerprint density at radius 3 is 2.16 bits per heavy atom. The lowest BCUT2D eigenvalue weighted by Gasteiger charge is -2.13. The first-order valence-electron chi connectivity index (χ1n) is 8.30. The molecule has 0 aliphatic heterocycles. The lowest BCUT2D eigenvalue weighted by molar-refractivity contribution is 0.0935. The van der Waals surface area contributed by atoms with Gasteiger partial charge in [0.15, 0.2) is 0 Å². The second-order valence-corrected chi connectivity index (χ2v) is 6.02. The second-order valence-electron chi connectivity index (χ2n) is 6.02. The Labute approximate surface area is 148 Å². The largest absolute Gasteiger partial charge is 0.383 e. The van der Waals surface area contributed by atoms with Gasteiger partial charge in [0.1, 0.15) is 0 Å². The third-order valence-corrected chi connectivity index (χ3v) is 3.83. The second kappa shape index (κ2) is 8.99. The van der Waals surface area contributed by atoms with Gasteiger partial charge in [0.05, 0.1) is 6.61 Å². The quantitative estimate of drug-likeness (QED) is 0.759. The molecule has 0 fully saturated rings. The molecule has 0 bridgehead atoms. The van der Waals surface area contributed by atoms with Gasteiger partial charge in [-0.05, 0) is 41.8 Å². The zero-order chi connectivity index (χ0) is 18.2. The van der Waals surface area contributed by atoms with Crippen LogP contribution >= 0.6 is 0 Å². The van der Waals surface area contributed by atoms with E-state index in [2.05, 4.69) is 24.5 Å². The van der Waals surface area contributed by atoms with E-state index in [9.17, 15) is 9.59 Å². The molecule has 2 amide bonds. The minimum atomic E-state index is -0.195. The van der Waals surface area contributed by atoms with Crippen molar-refractivity contribution in [3.8, 4) is 0 Å². The van der Waals surface area contributed by atoms with Crippen molar-refractivity contribution in [2.24, 2.45) is 0 Å². The monoisotopic (exact) mass is 340 g/mol. The zero-order valence-corrected chi connectivity index (χ0v) is 14.8. The van der Waals surface area contributed by atoms with Crippen molar-refractivity contribution in [1.29, 1.82) is 0 Å². The molecule has 0 heterocycles. The van der Waals surface area contributed by atoms with Crippen LogP contribution in [0.1, 0.15) is 46.0 Å². The molecule has 25 heavy (non-hydrogen) atoms. The summed E-state index contributed by atoms with van der Waals surface area (Å²) in [6, 6.07) is 14.4. The molecule has 0 spiro atoms. The average Bonchev–Trinajstić information content (AvgIpc) is 2.62. The summed E-state index contributed by atoms with van der Waals surface area (Å²) in [5.74, 6) is -0.0664. The fraction of sp³-hybridized carbons (Fsp3) is 0.300. The number of carbonyl (C=O) groups is 2. The zero-order valence-electron chi connectivity index (χ0n) is 14.8. The molecule has 5 nitrogen and oxygen atoms in total. The molecule has 0 unspecified atom stereocenters. The van der Waals surface area contributed by atoms with Crippen molar-refractivity contribution < 1.29 is 14.3 Å². The summed E-state index contributed by atoms with van der Waals surface area (Å²) in [7, 11) is 1.58. The maximum Gasteiger partial charge on any atom is 0.255 e. The Hall–Kier alpha value is -2.66. The molecule has 2 N–H and O–H groups in total.